The third-order valence-corrected chi connectivity index (χ3v) is 5.16. The van der Waals surface area contributed by atoms with Crippen LogP contribution in [0.1, 0.15) is 59.8 Å². The van der Waals surface area contributed by atoms with E-state index < -0.39 is 0 Å². The Kier molecular flexibility index (Phi) is 7.66. The molecule has 2 heterocycles. The van der Waals surface area contributed by atoms with Crippen LogP contribution in [0.4, 0.5) is 0 Å². The number of nitrogens with one attached hydrogen (secondary N) is 1. The predicted molar refractivity (Wildman–Crippen MR) is 92.1 cm³/mol. The molecule has 22 heavy (non-hydrogen) atoms. The van der Waals surface area contributed by atoms with Crippen LogP contribution in [0.3, 0.4) is 0 Å². The molecular formula is C19H37NO2. The first kappa shape index (κ1) is 18.2. The monoisotopic (exact) mass is 311 g/mol. The van der Waals surface area contributed by atoms with Gasteiger partial charge in [0.05, 0.1) is 25.4 Å². The van der Waals surface area contributed by atoms with Crippen molar-refractivity contribution in [3.05, 3.63) is 0 Å². The maximum Gasteiger partial charge on any atom is 0.0902 e. The Balaban J connectivity index is 1.62. The zero-order valence-electron chi connectivity index (χ0n) is 15.1. The summed E-state index contributed by atoms with van der Waals surface area (Å²) >= 11 is 0. The minimum absolute atomic E-state index is 0.349. The molecule has 0 aromatic carbocycles. The highest BCUT2D eigenvalue weighted by Gasteiger charge is 2.46. The van der Waals surface area contributed by atoms with Gasteiger partial charge in [-0.05, 0) is 37.6 Å². The smallest absolute Gasteiger partial charge is 0.0902 e. The van der Waals surface area contributed by atoms with Crippen LogP contribution in [0.5, 0.6) is 0 Å². The number of hydrogen-bond acceptors (Lipinski definition) is 3. The molecular weight excluding hydrogens is 274 g/mol. The summed E-state index contributed by atoms with van der Waals surface area (Å²) in [7, 11) is 0. The molecule has 0 saturated carbocycles. The fraction of sp³-hybridized carbons (Fsp3) is 1.00. The molecule has 0 aliphatic carbocycles. The van der Waals surface area contributed by atoms with Crippen molar-refractivity contribution < 1.29 is 9.47 Å². The van der Waals surface area contributed by atoms with Crippen molar-refractivity contribution in [1.82, 2.24) is 5.32 Å². The molecule has 4 atom stereocenters. The molecule has 3 nitrogen and oxygen atoms in total. The maximum absolute atomic E-state index is 6.09. The molecule has 0 aromatic heterocycles. The zero-order chi connectivity index (χ0) is 15.9. The highest BCUT2D eigenvalue weighted by molar-refractivity contribution is 4.94. The minimum atomic E-state index is 0.349. The molecule has 4 unspecified atom stereocenters. The topological polar surface area (TPSA) is 30.5 Å². The summed E-state index contributed by atoms with van der Waals surface area (Å²) in [5.74, 6) is 2.81. The lowest BCUT2D eigenvalue weighted by Crippen LogP contribution is -2.33. The van der Waals surface area contributed by atoms with E-state index in [4.69, 9.17) is 9.47 Å². The SMILES string of the molecule is CC(C)CCCNCC1COC2C(CCCC(C)C)COC12. The molecule has 2 rings (SSSR count). The molecule has 130 valence electrons. The van der Waals surface area contributed by atoms with Gasteiger partial charge in [0, 0.05) is 18.4 Å². The van der Waals surface area contributed by atoms with Crippen molar-refractivity contribution in [2.24, 2.45) is 23.7 Å². The minimum Gasteiger partial charge on any atom is -0.375 e. The van der Waals surface area contributed by atoms with E-state index in [0.29, 0.717) is 24.0 Å². The molecule has 0 radical (unpaired) electrons. The summed E-state index contributed by atoms with van der Waals surface area (Å²) in [6.45, 7) is 13.2. The summed E-state index contributed by atoms with van der Waals surface area (Å²) in [4.78, 5) is 0. The third kappa shape index (κ3) is 5.50. The van der Waals surface area contributed by atoms with Crippen molar-refractivity contribution in [3.63, 3.8) is 0 Å². The molecule has 1 N–H and O–H groups in total. The van der Waals surface area contributed by atoms with Crippen molar-refractivity contribution in [2.45, 2.75) is 72.0 Å². The molecule has 2 fully saturated rings. The first-order chi connectivity index (χ1) is 10.6. The molecule has 2 aliphatic heterocycles. The number of rotatable bonds is 10. The summed E-state index contributed by atoms with van der Waals surface area (Å²) < 4.78 is 12.2. The molecule has 0 spiro atoms. The lowest BCUT2D eigenvalue weighted by atomic mass is 9.91. The Labute approximate surface area is 137 Å². The van der Waals surface area contributed by atoms with Gasteiger partial charge in [-0.25, -0.2) is 0 Å². The first-order valence-corrected chi connectivity index (χ1v) is 9.51. The lowest BCUT2D eigenvalue weighted by molar-refractivity contribution is 0.0595. The van der Waals surface area contributed by atoms with Gasteiger partial charge in [-0.15, -0.1) is 0 Å². The van der Waals surface area contributed by atoms with Gasteiger partial charge in [0.1, 0.15) is 0 Å². The fourth-order valence-corrected chi connectivity index (χ4v) is 3.79. The summed E-state index contributed by atoms with van der Waals surface area (Å²) in [5.41, 5.74) is 0. The predicted octanol–water partition coefficient (Wildman–Crippen LogP) is 3.87. The largest absolute Gasteiger partial charge is 0.375 e. The maximum atomic E-state index is 6.09. The lowest BCUT2D eigenvalue weighted by Gasteiger charge is -2.17. The second-order valence-corrected chi connectivity index (χ2v) is 8.18. The second-order valence-electron chi connectivity index (χ2n) is 8.18. The van der Waals surface area contributed by atoms with Crippen LogP contribution in [0.15, 0.2) is 0 Å². The molecule has 2 aliphatic rings. The van der Waals surface area contributed by atoms with E-state index >= 15 is 0 Å². The fourth-order valence-electron chi connectivity index (χ4n) is 3.79. The highest BCUT2D eigenvalue weighted by atomic mass is 16.6. The van der Waals surface area contributed by atoms with E-state index in [-0.39, 0.29) is 0 Å². The van der Waals surface area contributed by atoms with Crippen LogP contribution in [-0.4, -0.2) is 38.5 Å². The third-order valence-electron chi connectivity index (χ3n) is 5.16. The molecule has 2 saturated heterocycles. The van der Waals surface area contributed by atoms with E-state index in [1.165, 1.54) is 32.1 Å². The van der Waals surface area contributed by atoms with Crippen LogP contribution in [0.2, 0.25) is 0 Å². The van der Waals surface area contributed by atoms with Gasteiger partial charge in [-0.3, -0.25) is 0 Å². The van der Waals surface area contributed by atoms with E-state index in [0.717, 1.165) is 38.1 Å². The van der Waals surface area contributed by atoms with Gasteiger partial charge in [-0.1, -0.05) is 40.5 Å². The highest BCUT2D eigenvalue weighted by Crippen LogP contribution is 2.36. The molecule has 0 bridgehead atoms. The van der Waals surface area contributed by atoms with E-state index in [1.807, 2.05) is 0 Å². The summed E-state index contributed by atoms with van der Waals surface area (Å²) in [6.07, 6.45) is 7.22. The first-order valence-electron chi connectivity index (χ1n) is 9.51. The molecule has 0 aromatic rings. The Morgan fingerprint density at radius 3 is 2.14 bits per heavy atom. The molecule has 3 heteroatoms. The molecule has 0 amide bonds. The Bertz CT molecular complexity index is 306. The van der Waals surface area contributed by atoms with Crippen LogP contribution in [0.25, 0.3) is 0 Å². The van der Waals surface area contributed by atoms with Crippen molar-refractivity contribution in [3.8, 4) is 0 Å². The second kappa shape index (κ2) is 9.24. The zero-order valence-corrected chi connectivity index (χ0v) is 15.1. The normalized spacial score (nSPS) is 31.4. The summed E-state index contributed by atoms with van der Waals surface area (Å²) in [5, 5.41) is 3.61. The van der Waals surface area contributed by atoms with Gasteiger partial charge in [0.15, 0.2) is 0 Å². The van der Waals surface area contributed by atoms with Gasteiger partial charge in [0.25, 0.3) is 0 Å². The van der Waals surface area contributed by atoms with E-state index in [9.17, 15) is 0 Å². The quantitative estimate of drug-likeness (QED) is 0.621. The Morgan fingerprint density at radius 1 is 0.864 bits per heavy atom. The van der Waals surface area contributed by atoms with Gasteiger partial charge >= 0.3 is 0 Å². The van der Waals surface area contributed by atoms with Gasteiger partial charge in [-0.2, -0.15) is 0 Å². The van der Waals surface area contributed by atoms with Gasteiger partial charge in [0.2, 0.25) is 0 Å². The van der Waals surface area contributed by atoms with E-state index in [1.54, 1.807) is 0 Å². The van der Waals surface area contributed by atoms with Crippen molar-refractivity contribution in [2.75, 3.05) is 26.3 Å². The van der Waals surface area contributed by atoms with Crippen LogP contribution in [0, 0.1) is 23.7 Å². The van der Waals surface area contributed by atoms with Crippen molar-refractivity contribution >= 4 is 0 Å². The Hall–Kier alpha value is -0.120. The number of hydrogen-bond donors (Lipinski definition) is 1. The van der Waals surface area contributed by atoms with Crippen LogP contribution < -0.4 is 5.32 Å². The number of ether oxygens (including phenoxy) is 2. The average molecular weight is 312 g/mol. The Morgan fingerprint density at radius 2 is 1.45 bits per heavy atom. The van der Waals surface area contributed by atoms with E-state index in [2.05, 4.69) is 33.0 Å². The van der Waals surface area contributed by atoms with Crippen molar-refractivity contribution in [1.29, 1.82) is 0 Å². The van der Waals surface area contributed by atoms with Crippen LogP contribution in [-0.2, 0) is 9.47 Å². The standard InChI is InChI=1S/C19H37NO2/c1-14(2)7-5-9-16-12-21-19-17(13-22-18(16)19)11-20-10-6-8-15(3)4/h14-20H,5-13H2,1-4H3. The van der Waals surface area contributed by atoms with Gasteiger partial charge < -0.3 is 14.8 Å². The van der Waals surface area contributed by atoms with Crippen LogP contribution >= 0.6 is 0 Å². The average Bonchev–Trinajstić information content (AvgIpc) is 3.01. The summed E-state index contributed by atoms with van der Waals surface area (Å²) in [6, 6.07) is 0. The number of fused-ring (bicyclic) bond motifs is 1.